The summed E-state index contributed by atoms with van der Waals surface area (Å²) in [5, 5.41) is 1.20. The number of rotatable bonds is 6. The van der Waals surface area contributed by atoms with E-state index in [1.165, 1.54) is 15.8 Å². The van der Waals surface area contributed by atoms with Crippen LogP contribution in [-0.2, 0) is 17.2 Å². The first-order chi connectivity index (χ1) is 15.9. The minimum atomic E-state index is -4.38. The van der Waals surface area contributed by atoms with Gasteiger partial charge in [-0.3, -0.25) is 0 Å². The predicted octanol–water partition coefficient (Wildman–Crippen LogP) is 1.94. The molecule has 2 heterocycles. The number of para-hydroxylation sites is 2. The van der Waals surface area contributed by atoms with Gasteiger partial charge in [-0.1, -0.05) is 61.6 Å². The molecule has 0 amide bonds. The first-order valence-electron chi connectivity index (χ1n) is 10.8. The van der Waals surface area contributed by atoms with Crippen molar-refractivity contribution in [1.29, 1.82) is 0 Å². The van der Waals surface area contributed by atoms with Crippen LogP contribution in [0, 0.1) is 0 Å². The summed E-state index contributed by atoms with van der Waals surface area (Å²) in [7, 11) is -2.34. The molecule has 7 heteroatoms. The number of hydrogen-bond donors (Lipinski definition) is 0. The van der Waals surface area contributed by atoms with Crippen LogP contribution in [0.25, 0.3) is 22.6 Å². The SMILES string of the molecule is CCC(C=Cc1cc[n+](C)c2ccccc12)=CC=C1C=CN(CS(=O)(=O)[O-])c2ccccc21.[Na+]. The van der Waals surface area contributed by atoms with Gasteiger partial charge in [0.05, 0.1) is 5.39 Å². The maximum Gasteiger partial charge on any atom is 1.00 e. The fourth-order valence-corrected chi connectivity index (χ4v) is 4.52. The van der Waals surface area contributed by atoms with Crippen molar-refractivity contribution in [3.05, 3.63) is 108 Å². The summed E-state index contributed by atoms with van der Waals surface area (Å²) in [6.07, 6.45) is 14.8. The van der Waals surface area contributed by atoms with Gasteiger partial charge < -0.3 is 9.45 Å². The van der Waals surface area contributed by atoms with Crippen LogP contribution in [-0.4, -0.2) is 18.8 Å². The van der Waals surface area contributed by atoms with Gasteiger partial charge in [0.15, 0.2) is 6.20 Å². The second-order valence-corrected chi connectivity index (χ2v) is 9.31. The Morgan fingerprint density at radius 2 is 1.82 bits per heavy atom. The molecule has 34 heavy (non-hydrogen) atoms. The Morgan fingerprint density at radius 3 is 2.59 bits per heavy atom. The Bertz CT molecular complexity index is 1420. The average molecular weight is 482 g/mol. The fraction of sp³-hybridized carbons (Fsp3) is 0.148. The standard InChI is InChI=1S/C27H26N2O3S.Na/c1-3-21(12-14-22-16-18-28(2)26-10-6-4-8-24(22)26)13-15-23-17-19-29(20-33(30,31)32)27-11-7-5-9-25(23)27;/h4-19H,3,20H2,1-2H3;/q;+1. The Kier molecular flexibility index (Phi) is 8.68. The molecule has 0 N–H and O–H groups in total. The van der Waals surface area contributed by atoms with Crippen molar-refractivity contribution in [1.82, 2.24) is 0 Å². The van der Waals surface area contributed by atoms with Crippen molar-refractivity contribution in [3.63, 3.8) is 0 Å². The molecule has 0 saturated carbocycles. The van der Waals surface area contributed by atoms with Crippen LogP contribution >= 0.6 is 0 Å². The summed E-state index contributed by atoms with van der Waals surface area (Å²) in [6.45, 7) is 2.11. The number of pyridine rings is 1. The monoisotopic (exact) mass is 481 g/mol. The summed E-state index contributed by atoms with van der Waals surface area (Å²) in [5.74, 6) is -0.588. The van der Waals surface area contributed by atoms with Crippen LogP contribution < -0.4 is 39.0 Å². The van der Waals surface area contributed by atoms with Crippen LogP contribution in [0.1, 0.15) is 24.5 Å². The second-order valence-electron chi connectivity index (χ2n) is 7.94. The molecule has 5 nitrogen and oxygen atoms in total. The first-order valence-corrected chi connectivity index (χ1v) is 12.4. The van der Waals surface area contributed by atoms with Gasteiger partial charge in [0.25, 0.3) is 0 Å². The largest absolute Gasteiger partial charge is 1.00 e. The molecule has 0 fully saturated rings. The summed E-state index contributed by atoms with van der Waals surface area (Å²) in [6, 6.07) is 17.9. The molecule has 0 radical (unpaired) electrons. The zero-order valence-electron chi connectivity index (χ0n) is 19.7. The van der Waals surface area contributed by atoms with Crippen molar-refractivity contribution < 1.29 is 47.1 Å². The Morgan fingerprint density at radius 1 is 1.09 bits per heavy atom. The molecule has 0 aliphatic carbocycles. The smallest absolute Gasteiger partial charge is 0.747 e. The molecule has 4 rings (SSSR count). The molecule has 2 aromatic carbocycles. The third-order valence-corrected chi connectivity index (χ3v) is 6.29. The number of aromatic nitrogens is 1. The van der Waals surface area contributed by atoms with Crippen molar-refractivity contribution in [3.8, 4) is 0 Å². The number of anilines is 1. The fourth-order valence-electron chi connectivity index (χ4n) is 3.95. The van der Waals surface area contributed by atoms with E-state index in [1.54, 1.807) is 6.20 Å². The Hall–Kier alpha value is -2.48. The van der Waals surface area contributed by atoms with E-state index in [2.05, 4.69) is 60.2 Å². The summed E-state index contributed by atoms with van der Waals surface area (Å²) < 4.78 is 35.9. The number of hydrogen-bond acceptors (Lipinski definition) is 4. The van der Waals surface area contributed by atoms with Crippen LogP contribution in [0.4, 0.5) is 5.69 Å². The molecule has 0 saturated heterocycles. The van der Waals surface area contributed by atoms with Crippen molar-refractivity contribution in [2.24, 2.45) is 7.05 Å². The number of allylic oxidation sites excluding steroid dienone is 6. The van der Waals surface area contributed by atoms with E-state index >= 15 is 0 Å². The zero-order valence-corrected chi connectivity index (χ0v) is 22.5. The van der Waals surface area contributed by atoms with Gasteiger partial charge in [0, 0.05) is 29.6 Å². The molecule has 3 aromatic rings. The number of benzene rings is 2. The third-order valence-electron chi connectivity index (χ3n) is 5.69. The van der Waals surface area contributed by atoms with Crippen LogP contribution in [0.2, 0.25) is 0 Å². The van der Waals surface area contributed by atoms with Gasteiger partial charge in [-0.15, -0.1) is 0 Å². The van der Waals surface area contributed by atoms with Crippen LogP contribution in [0.3, 0.4) is 0 Å². The molecular formula is C27H26N2NaO3S+. The number of nitrogens with zero attached hydrogens (tertiary/aromatic N) is 2. The maximum absolute atomic E-state index is 11.3. The quantitative estimate of drug-likeness (QED) is 0.234. The molecule has 0 bridgehead atoms. The van der Waals surface area contributed by atoms with E-state index in [4.69, 9.17) is 0 Å². The minimum Gasteiger partial charge on any atom is -0.747 e. The van der Waals surface area contributed by atoms with Gasteiger partial charge in [0.1, 0.15) is 23.0 Å². The Labute approximate surface area is 223 Å². The molecule has 0 atom stereocenters. The topological polar surface area (TPSA) is 64.3 Å². The molecular weight excluding hydrogens is 455 g/mol. The normalized spacial score (nSPS) is 15.1. The summed E-state index contributed by atoms with van der Waals surface area (Å²) >= 11 is 0. The van der Waals surface area contributed by atoms with Gasteiger partial charge in [-0.25, -0.2) is 13.0 Å². The maximum atomic E-state index is 11.3. The molecule has 1 aliphatic heterocycles. The van der Waals surface area contributed by atoms with Gasteiger partial charge in [-0.2, -0.15) is 0 Å². The summed E-state index contributed by atoms with van der Waals surface area (Å²) in [5.41, 5.74) is 6.06. The average Bonchev–Trinajstić information content (AvgIpc) is 2.81. The predicted molar refractivity (Wildman–Crippen MR) is 133 cm³/mol. The first kappa shape index (κ1) is 26.1. The molecule has 0 spiro atoms. The minimum absolute atomic E-state index is 0. The number of aryl methyl sites for hydroxylation is 1. The zero-order chi connectivity index (χ0) is 23.4. The van der Waals surface area contributed by atoms with E-state index in [9.17, 15) is 13.0 Å². The molecule has 0 unspecified atom stereocenters. The van der Waals surface area contributed by atoms with Crippen LogP contribution in [0.15, 0.2) is 96.9 Å². The van der Waals surface area contributed by atoms with E-state index in [1.807, 2.05) is 49.5 Å². The third kappa shape index (κ3) is 6.14. The Balaban J connectivity index is 0.00000324. The van der Waals surface area contributed by atoms with Crippen LogP contribution in [0.5, 0.6) is 0 Å². The molecule has 168 valence electrons. The number of fused-ring (bicyclic) bond motifs is 2. The van der Waals surface area contributed by atoms with Gasteiger partial charge in [0.2, 0.25) is 5.52 Å². The van der Waals surface area contributed by atoms with Gasteiger partial charge in [-0.05, 0) is 41.3 Å². The van der Waals surface area contributed by atoms with Gasteiger partial charge >= 0.3 is 29.6 Å². The van der Waals surface area contributed by atoms with E-state index in [0.717, 1.165) is 28.7 Å². The van der Waals surface area contributed by atoms with E-state index in [0.29, 0.717) is 5.69 Å². The van der Waals surface area contributed by atoms with E-state index in [-0.39, 0.29) is 29.6 Å². The van der Waals surface area contributed by atoms with E-state index < -0.39 is 16.0 Å². The second kappa shape index (κ2) is 11.3. The van der Waals surface area contributed by atoms with Crippen molar-refractivity contribution in [2.45, 2.75) is 13.3 Å². The molecule has 1 aliphatic rings. The van der Waals surface area contributed by atoms with Crippen molar-refractivity contribution >= 4 is 38.4 Å². The summed E-state index contributed by atoms with van der Waals surface area (Å²) in [4.78, 5) is 1.47. The molecule has 1 aromatic heterocycles. The van der Waals surface area contributed by atoms with Crippen molar-refractivity contribution in [2.75, 3.05) is 10.8 Å².